The zero-order valence-electron chi connectivity index (χ0n) is 16.6. The second-order valence-electron chi connectivity index (χ2n) is 6.91. The zero-order valence-corrected chi connectivity index (χ0v) is 18.3. The number of carbonyl (C=O) groups is 1. The number of hydrogen-bond acceptors (Lipinski definition) is 6. The van der Waals surface area contributed by atoms with Crippen LogP contribution in [-0.2, 0) is 22.5 Å². The molecule has 0 aliphatic carbocycles. The van der Waals surface area contributed by atoms with Crippen molar-refractivity contribution in [3.05, 3.63) is 33.4 Å². The number of carbonyl (C=O) groups excluding carboxylic acids is 1. The molecule has 2 aromatic rings. The first-order valence-electron chi connectivity index (χ1n) is 9.65. The predicted octanol–water partition coefficient (Wildman–Crippen LogP) is 3.29. The molecule has 0 radical (unpaired) electrons. The van der Waals surface area contributed by atoms with Crippen LogP contribution in [0.15, 0.2) is 22.6 Å². The SMILES string of the molecule is C=CCNC(=O)[C@H](C)Sc1nc2sc(C)c(CC)c2c(=O)n1C[C@H]1CCCO1. The van der Waals surface area contributed by atoms with Gasteiger partial charge in [0, 0.05) is 18.0 Å². The van der Waals surface area contributed by atoms with Crippen molar-refractivity contribution >= 4 is 39.2 Å². The molecule has 1 aliphatic heterocycles. The standard InChI is InChI=1S/C20H27N3O3S2/c1-5-9-21-17(24)13(4)28-20-22-18-16(15(6-2)12(3)27-18)19(25)23(20)11-14-8-7-10-26-14/h5,13-14H,1,6-11H2,2-4H3,(H,21,24)/t13-,14+/m0/s1. The van der Waals surface area contributed by atoms with Gasteiger partial charge in [0.05, 0.1) is 23.3 Å². The minimum atomic E-state index is -0.369. The molecular formula is C20H27N3O3S2. The monoisotopic (exact) mass is 421 g/mol. The van der Waals surface area contributed by atoms with Crippen LogP contribution in [0.1, 0.15) is 37.1 Å². The maximum atomic E-state index is 13.4. The van der Waals surface area contributed by atoms with E-state index in [-0.39, 0.29) is 22.8 Å². The zero-order chi connectivity index (χ0) is 20.3. The quantitative estimate of drug-likeness (QED) is 0.402. The Bertz CT molecular complexity index is 929. The van der Waals surface area contributed by atoms with Crippen LogP contribution in [0.3, 0.4) is 0 Å². The fourth-order valence-electron chi connectivity index (χ4n) is 3.43. The van der Waals surface area contributed by atoms with Crippen LogP contribution in [-0.4, -0.2) is 40.0 Å². The summed E-state index contributed by atoms with van der Waals surface area (Å²) in [5, 5.41) is 3.74. The normalized spacial score (nSPS) is 17.8. The molecule has 3 rings (SSSR count). The summed E-state index contributed by atoms with van der Waals surface area (Å²) in [6, 6.07) is 0. The molecule has 8 heteroatoms. The lowest BCUT2D eigenvalue weighted by Gasteiger charge is -2.18. The molecule has 0 bridgehead atoms. The highest BCUT2D eigenvalue weighted by atomic mass is 32.2. The highest BCUT2D eigenvalue weighted by Gasteiger charge is 2.25. The summed E-state index contributed by atoms with van der Waals surface area (Å²) < 4.78 is 7.48. The summed E-state index contributed by atoms with van der Waals surface area (Å²) in [4.78, 5) is 32.4. The largest absolute Gasteiger partial charge is 0.376 e. The number of fused-ring (bicyclic) bond motifs is 1. The van der Waals surface area contributed by atoms with E-state index in [4.69, 9.17) is 9.72 Å². The van der Waals surface area contributed by atoms with Gasteiger partial charge in [-0.3, -0.25) is 14.2 Å². The van der Waals surface area contributed by atoms with E-state index in [9.17, 15) is 9.59 Å². The van der Waals surface area contributed by atoms with Gasteiger partial charge in [-0.15, -0.1) is 17.9 Å². The first-order chi connectivity index (χ1) is 13.5. The molecule has 0 aromatic carbocycles. The van der Waals surface area contributed by atoms with Gasteiger partial charge in [-0.25, -0.2) is 4.98 Å². The van der Waals surface area contributed by atoms with E-state index in [0.29, 0.717) is 18.2 Å². The van der Waals surface area contributed by atoms with Crippen molar-refractivity contribution < 1.29 is 9.53 Å². The van der Waals surface area contributed by atoms with E-state index in [1.165, 1.54) is 11.8 Å². The third-order valence-corrected chi connectivity index (χ3v) is 7.04. The number of rotatable bonds is 8. The number of aryl methyl sites for hydroxylation is 2. The Morgan fingerprint density at radius 3 is 3.00 bits per heavy atom. The maximum absolute atomic E-state index is 13.4. The van der Waals surface area contributed by atoms with Crippen molar-refractivity contribution in [1.29, 1.82) is 0 Å². The number of thiophene rings is 1. The van der Waals surface area contributed by atoms with Gasteiger partial charge < -0.3 is 10.1 Å². The molecule has 1 aliphatic rings. The van der Waals surface area contributed by atoms with Gasteiger partial charge in [-0.1, -0.05) is 24.8 Å². The Morgan fingerprint density at radius 2 is 2.36 bits per heavy atom. The maximum Gasteiger partial charge on any atom is 0.263 e. The molecular weight excluding hydrogens is 394 g/mol. The van der Waals surface area contributed by atoms with E-state index in [2.05, 4.69) is 18.8 Å². The Hall–Kier alpha value is -1.64. The summed E-state index contributed by atoms with van der Waals surface area (Å²) >= 11 is 2.87. The minimum absolute atomic E-state index is 0.0195. The van der Waals surface area contributed by atoms with E-state index < -0.39 is 0 Å². The van der Waals surface area contributed by atoms with E-state index in [1.54, 1.807) is 22.0 Å². The van der Waals surface area contributed by atoms with Crippen LogP contribution in [0, 0.1) is 6.92 Å². The van der Waals surface area contributed by atoms with Crippen molar-refractivity contribution in [2.45, 2.75) is 63.1 Å². The molecule has 152 valence electrons. The topological polar surface area (TPSA) is 73.2 Å². The second kappa shape index (κ2) is 9.24. The van der Waals surface area contributed by atoms with Gasteiger partial charge >= 0.3 is 0 Å². The molecule has 0 unspecified atom stereocenters. The lowest BCUT2D eigenvalue weighted by molar-refractivity contribution is -0.120. The molecule has 1 N–H and O–H groups in total. The molecule has 1 amide bonds. The molecule has 3 heterocycles. The highest BCUT2D eigenvalue weighted by molar-refractivity contribution is 8.00. The number of amides is 1. The minimum Gasteiger partial charge on any atom is -0.376 e. The molecule has 2 aromatic heterocycles. The Labute approximate surface area is 173 Å². The van der Waals surface area contributed by atoms with E-state index in [0.717, 1.165) is 46.5 Å². The smallest absolute Gasteiger partial charge is 0.263 e. The van der Waals surface area contributed by atoms with Gasteiger partial charge in [-0.05, 0) is 38.7 Å². The first kappa shape index (κ1) is 21.1. The number of ether oxygens (including phenoxy) is 1. The second-order valence-corrected chi connectivity index (χ2v) is 9.42. The van der Waals surface area contributed by atoms with Gasteiger partial charge in [0.15, 0.2) is 5.16 Å². The number of aromatic nitrogens is 2. The fraction of sp³-hybridized carbons (Fsp3) is 0.550. The van der Waals surface area contributed by atoms with Crippen LogP contribution in [0.25, 0.3) is 10.2 Å². The number of nitrogens with one attached hydrogen (secondary N) is 1. The average Bonchev–Trinajstić information content (AvgIpc) is 3.29. The summed E-state index contributed by atoms with van der Waals surface area (Å²) in [7, 11) is 0. The Kier molecular flexibility index (Phi) is 6.95. The number of hydrogen-bond donors (Lipinski definition) is 1. The van der Waals surface area contributed by atoms with Crippen molar-refractivity contribution in [2.75, 3.05) is 13.2 Å². The van der Waals surface area contributed by atoms with Crippen LogP contribution < -0.4 is 10.9 Å². The van der Waals surface area contributed by atoms with Crippen LogP contribution in [0.4, 0.5) is 0 Å². The van der Waals surface area contributed by atoms with Crippen molar-refractivity contribution in [2.24, 2.45) is 0 Å². The molecule has 2 atom stereocenters. The molecule has 1 fully saturated rings. The number of thioether (sulfide) groups is 1. The van der Waals surface area contributed by atoms with Crippen LogP contribution in [0.5, 0.6) is 0 Å². The van der Waals surface area contributed by atoms with Crippen LogP contribution in [0.2, 0.25) is 0 Å². The Morgan fingerprint density at radius 1 is 1.57 bits per heavy atom. The summed E-state index contributed by atoms with van der Waals surface area (Å²) in [6.07, 6.45) is 4.41. The summed E-state index contributed by atoms with van der Waals surface area (Å²) in [6.45, 7) is 11.2. The fourth-order valence-corrected chi connectivity index (χ4v) is 5.53. The first-order valence-corrected chi connectivity index (χ1v) is 11.4. The molecule has 0 spiro atoms. The highest BCUT2D eigenvalue weighted by Crippen LogP contribution is 2.31. The van der Waals surface area contributed by atoms with Crippen molar-refractivity contribution in [1.82, 2.24) is 14.9 Å². The van der Waals surface area contributed by atoms with Crippen LogP contribution >= 0.6 is 23.1 Å². The van der Waals surface area contributed by atoms with Gasteiger partial charge in [-0.2, -0.15) is 0 Å². The van der Waals surface area contributed by atoms with Gasteiger partial charge in [0.1, 0.15) is 4.83 Å². The van der Waals surface area contributed by atoms with E-state index in [1.807, 2.05) is 13.8 Å². The summed E-state index contributed by atoms with van der Waals surface area (Å²) in [5.74, 6) is -0.0977. The van der Waals surface area contributed by atoms with Gasteiger partial charge in [0.25, 0.3) is 5.56 Å². The Balaban J connectivity index is 2.02. The lowest BCUT2D eigenvalue weighted by atomic mass is 10.1. The van der Waals surface area contributed by atoms with Gasteiger partial charge in [0.2, 0.25) is 5.91 Å². The third-order valence-electron chi connectivity index (χ3n) is 4.91. The molecule has 1 saturated heterocycles. The lowest BCUT2D eigenvalue weighted by Crippen LogP contribution is -2.33. The molecule has 28 heavy (non-hydrogen) atoms. The van der Waals surface area contributed by atoms with Crippen molar-refractivity contribution in [3.8, 4) is 0 Å². The predicted molar refractivity (Wildman–Crippen MR) is 115 cm³/mol. The molecule has 0 saturated carbocycles. The van der Waals surface area contributed by atoms with Crippen molar-refractivity contribution in [3.63, 3.8) is 0 Å². The van der Waals surface area contributed by atoms with E-state index >= 15 is 0 Å². The molecule has 6 nitrogen and oxygen atoms in total. The number of nitrogens with zero attached hydrogens (tertiary/aromatic N) is 2. The third kappa shape index (κ3) is 4.34. The summed E-state index contributed by atoms with van der Waals surface area (Å²) in [5.41, 5.74) is 1.05. The average molecular weight is 422 g/mol.